The Morgan fingerprint density at radius 1 is 1.03 bits per heavy atom. The van der Waals surface area contributed by atoms with Crippen molar-refractivity contribution in [3.05, 3.63) is 54.1 Å². The summed E-state index contributed by atoms with van der Waals surface area (Å²) in [5.74, 6) is 0.670. The quantitative estimate of drug-likeness (QED) is 0.479. The minimum absolute atomic E-state index is 0.115. The minimum atomic E-state index is -1.13. The number of hydrogen-bond donors (Lipinski definition) is 3. The van der Waals surface area contributed by atoms with Crippen LogP contribution in [-0.4, -0.2) is 30.0 Å². The van der Waals surface area contributed by atoms with E-state index < -0.39 is 11.0 Å². The van der Waals surface area contributed by atoms with Crippen LogP contribution in [0.5, 0.6) is 5.75 Å². The first-order valence-corrected chi connectivity index (χ1v) is 12.0. The van der Waals surface area contributed by atoms with Crippen LogP contribution in [0.25, 0.3) is 21.9 Å². The van der Waals surface area contributed by atoms with E-state index in [0.29, 0.717) is 12.2 Å². The average Bonchev–Trinajstić information content (AvgIpc) is 2.71. The molecule has 0 aliphatic rings. The van der Waals surface area contributed by atoms with Crippen LogP contribution in [0.4, 0.5) is 11.4 Å². The number of ether oxygens (including phenoxy) is 1. The third-order valence-electron chi connectivity index (χ3n) is 5.17. The van der Waals surface area contributed by atoms with Gasteiger partial charge in [0.1, 0.15) is 16.7 Å². The lowest BCUT2D eigenvalue weighted by Gasteiger charge is -2.25. The minimum Gasteiger partial charge on any atom is -0.496 e. The van der Waals surface area contributed by atoms with E-state index in [-0.39, 0.29) is 17.7 Å². The monoisotopic (exact) mass is 453 g/mol. The number of amides is 1. The van der Waals surface area contributed by atoms with E-state index in [4.69, 9.17) is 10.5 Å². The molecule has 0 aliphatic carbocycles. The second kappa shape index (κ2) is 9.71. The lowest BCUT2D eigenvalue weighted by Crippen LogP contribution is -2.18. The molecule has 0 aromatic heterocycles. The van der Waals surface area contributed by atoms with Gasteiger partial charge in [-0.1, -0.05) is 39.0 Å². The van der Waals surface area contributed by atoms with Gasteiger partial charge in [-0.3, -0.25) is 4.79 Å². The SMILES string of the molecule is COc1c(-c2ccc3cc(NS(C)=O)ccc3c2)cc(NC(=O)CCN)cc1C(C)(C)C. The van der Waals surface area contributed by atoms with Gasteiger partial charge in [0.25, 0.3) is 0 Å². The van der Waals surface area contributed by atoms with Crippen molar-refractivity contribution in [1.82, 2.24) is 0 Å². The van der Waals surface area contributed by atoms with Gasteiger partial charge in [0, 0.05) is 41.7 Å². The number of hydrogen-bond acceptors (Lipinski definition) is 4. The average molecular weight is 454 g/mol. The van der Waals surface area contributed by atoms with Crippen LogP contribution in [-0.2, 0) is 21.2 Å². The van der Waals surface area contributed by atoms with E-state index in [1.165, 1.54) is 0 Å². The van der Waals surface area contributed by atoms with Gasteiger partial charge in [0.15, 0.2) is 0 Å². The van der Waals surface area contributed by atoms with E-state index in [9.17, 15) is 9.00 Å². The Balaban J connectivity index is 2.14. The predicted octanol–water partition coefficient (Wildman–Crippen LogP) is 4.81. The zero-order valence-electron chi connectivity index (χ0n) is 19.2. The summed E-state index contributed by atoms with van der Waals surface area (Å²) in [7, 11) is 0.544. The largest absolute Gasteiger partial charge is 0.496 e. The molecular formula is C25H31N3O3S. The number of fused-ring (bicyclic) bond motifs is 1. The van der Waals surface area contributed by atoms with Gasteiger partial charge >= 0.3 is 0 Å². The maximum atomic E-state index is 12.2. The topological polar surface area (TPSA) is 93.5 Å². The number of nitrogens with one attached hydrogen (secondary N) is 2. The number of carbonyl (C=O) groups is 1. The number of carbonyl (C=O) groups excluding carboxylic acids is 1. The summed E-state index contributed by atoms with van der Waals surface area (Å²) in [6, 6.07) is 16.0. The van der Waals surface area contributed by atoms with Gasteiger partial charge in [-0.05, 0) is 52.1 Å². The molecule has 0 spiro atoms. The van der Waals surface area contributed by atoms with Gasteiger partial charge in [-0.15, -0.1) is 0 Å². The number of methoxy groups -OCH3 is 1. The molecule has 1 amide bonds. The van der Waals surface area contributed by atoms with Gasteiger partial charge in [-0.25, -0.2) is 4.21 Å². The molecule has 0 heterocycles. The molecule has 0 bridgehead atoms. The van der Waals surface area contributed by atoms with Crippen molar-refractivity contribution in [2.24, 2.45) is 5.73 Å². The summed E-state index contributed by atoms with van der Waals surface area (Å²) in [5.41, 5.74) is 9.76. The van der Waals surface area contributed by atoms with Gasteiger partial charge in [0.2, 0.25) is 5.91 Å². The molecule has 3 rings (SSSR count). The first-order valence-electron chi connectivity index (χ1n) is 10.5. The Morgan fingerprint density at radius 2 is 1.72 bits per heavy atom. The maximum absolute atomic E-state index is 12.2. The highest BCUT2D eigenvalue weighted by Gasteiger charge is 2.23. The normalized spacial score (nSPS) is 12.4. The first kappa shape index (κ1) is 23.8. The predicted molar refractivity (Wildman–Crippen MR) is 135 cm³/mol. The molecule has 32 heavy (non-hydrogen) atoms. The van der Waals surface area contributed by atoms with Crippen LogP contribution < -0.4 is 20.5 Å². The highest BCUT2D eigenvalue weighted by atomic mass is 32.2. The van der Waals surface area contributed by atoms with Gasteiger partial charge in [-0.2, -0.15) is 0 Å². The molecule has 6 nitrogen and oxygen atoms in total. The van der Waals surface area contributed by atoms with E-state index in [0.717, 1.165) is 38.9 Å². The van der Waals surface area contributed by atoms with Gasteiger partial charge in [0.05, 0.1) is 7.11 Å². The summed E-state index contributed by atoms with van der Waals surface area (Å²) < 4.78 is 20.3. The van der Waals surface area contributed by atoms with Gasteiger partial charge < -0.3 is 20.5 Å². The summed E-state index contributed by atoms with van der Waals surface area (Å²) >= 11 is 0. The fourth-order valence-electron chi connectivity index (χ4n) is 3.69. The molecule has 0 fully saturated rings. The number of nitrogens with two attached hydrogens (primary N) is 1. The standard InChI is InChI=1S/C25H31N3O3S/c1-25(2,3)22-15-20(27-23(29)10-11-26)14-21(24(22)31-4)18-7-6-17-13-19(28-32(5)30)9-8-16(17)12-18/h6-9,12-15,28H,10-11,26H2,1-5H3,(H,27,29). The van der Waals surface area contributed by atoms with Crippen LogP contribution >= 0.6 is 0 Å². The fraction of sp³-hybridized carbons (Fsp3) is 0.320. The Labute approximate surface area is 192 Å². The Bertz CT molecular complexity index is 1170. The Kier molecular flexibility index (Phi) is 7.21. The molecular weight excluding hydrogens is 422 g/mol. The van der Waals surface area contributed by atoms with Crippen molar-refractivity contribution in [3.8, 4) is 16.9 Å². The van der Waals surface area contributed by atoms with Crippen LogP contribution in [0.3, 0.4) is 0 Å². The second-order valence-corrected chi connectivity index (χ2v) is 9.89. The van der Waals surface area contributed by atoms with E-state index in [1.807, 2.05) is 42.5 Å². The molecule has 3 aromatic carbocycles. The summed E-state index contributed by atoms with van der Waals surface area (Å²) in [4.78, 5) is 12.2. The zero-order valence-corrected chi connectivity index (χ0v) is 20.1. The maximum Gasteiger partial charge on any atom is 0.225 e. The van der Waals surface area contributed by atoms with E-state index in [1.54, 1.807) is 13.4 Å². The third-order valence-corrected chi connectivity index (χ3v) is 5.69. The van der Waals surface area contributed by atoms with Crippen LogP contribution in [0.15, 0.2) is 48.5 Å². The lowest BCUT2D eigenvalue weighted by atomic mass is 9.83. The van der Waals surface area contributed by atoms with Crippen LogP contribution in [0.2, 0.25) is 0 Å². The lowest BCUT2D eigenvalue weighted by molar-refractivity contribution is -0.116. The molecule has 0 aliphatic heterocycles. The Hall–Kier alpha value is -2.90. The molecule has 0 saturated carbocycles. The summed E-state index contributed by atoms with van der Waals surface area (Å²) in [5, 5.41) is 5.05. The third kappa shape index (κ3) is 5.47. The number of anilines is 2. The summed E-state index contributed by atoms with van der Waals surface area (Å²) in [6.07, 6.45) is 1.87. The van der Waals surface area contributed by atoms with Crippen molar-refractivity contribution >= 4 is 39.0 Å². The van der Waals surface area contributed by atoms with Crippen molar-refractivity contribution in [2.75, 3.05) is 29.9 Å². The molecule has 4 N–H and O–H groups in total. The zero-order chi connectivity index (χ0) is 23.5. The smallest absolute Gasteiger partial charge is 0.225 e. The first-order chi connectivity index (χ1) is 15.1. The molecule has 170 valence electrons. The highest BCUT2D eigenvalue weighted by molar-refractivity contribution is 7.85. The van der Waals surface area contributed by atoms with E-state index >= 15 is 0 Å². The van der Waals surface area contributed by atoms with Crippen molar-refractivity contribution in [3.63, 3.8) is 0 Å². The van der Waals surface area contributed by atoms with Crippen LogP contribution in [0.1, 0.15) is 32.8 Å². The van der Waals surface area contributed by atoms with Crippen molar-refractivity contribution < 1.29 is 13.7 Å². The Morgan fingerprint density at radius 3 is 2.34 bits per heavy atom. The van der Waals surface area contributed by atoms with Crippen LogP contribution in [0, 0.1) is 0 Å². The molecule has 3 aromatic rings. The fourth-order valence-corrected chi connectivity index (χ4v) is 4.15. The summed E-state index contributed by atoms with van der Waals surface area (Å²) in [6.45, 7) is 6.65. The van der Waals surface area contributed by atoms with Crippen molar-refractivity contribution in [2.45, 2.75) is 32.6 Å². The molecule has 1 unspecified atom stereocenters. The molecule has 0 radical (unpaired) electrons. The van der Waals surface area contributed by atoms with E-state index in [2.05, 4.69) is 36.9 Å². The second-order valence-electron chi connectivity index (χ2n) is 8.77. The molecule has 7 heteroatoms. The van der Waals surface area contributed by atoms with Crippen molar-refractivity contribution in [1.29, 1.82) is 0 Å². The highest BCUT2D eigenvalue weighted by Crippen LogP contribution is 2.42. The number of rotatable bonds is 7. The number of benzene rings is 3. The molecule has 1 atom stereocenters. The molecule has 0 saturated heterocycles.